The highest BCUT2D eigenvalue weighted by molar-refractivity contribution is 5.43. The van der Waals surface area contributed by atoms with E-state index in [9.17, 15) is 15.3 Å². The van der Waals surface area contributed by atoms with Crippen molar-refractivity contribution in [3.8, 4) is 17.2 Å². The second-order valence-corrected chi connectivity index (χ2v) is 10.2. The molecule has 0 radical (unpaired) electrons. The van der Waals surface area contributed by atoms with Gasteiger partial charge in [0.25, 0.3) is 0 Å². The smallest absolute Gasteiger partial charge is 0.115 e. The van der Waals surface area contributed by atoms with Crippen LogP contribution in [0.15, 0.2) is 97.1 Å². The van der Waals surface area contributed by atoms with Crippen LogP contribution in [-0.2, 0) is 11.8 Å². The molecule has 4 aromatic carbocycles. The van der Waals surface area contributed by atoms with Crippen LogP contribution < -0.4 is 0 Å². The highest BCUT2D eigenvalue weighted by atomic mass is 16.3. The Hall–Kier alpha value is -3.72. The number of benzene rings is 4. The standard InChI is InChI=1S/C33H36O3/c1-33(2,28-16-22-31(36)23-17-28)27-14-10-25(11-15-27)32(26-12-20-30(35)21-13-26)7-5-3-4-6-24-8-18-29(34)19-9-24/h8-23,32,34-36H,3-7H2,1-2H3. The van der Waals surface area contributed by atoms with Crippen molar-refractivity contribution in [3.63, 3.8) is 0 Å². The number of unbranched alkanes of at least 4 members (excludes halogenated alkanes) is 2. The summed E-state index contributed by atoms with van der Waals surface area (Å²) in [5.41, 5.74) is 5.98. The van der Waals surface area contributed by atoms with Gasteiger partial charge in [-0.05, 0) is 83.5 Å². The first-order valence-corrected chi connectivity index (χ1v) is 12.8. The zero-order valence-electron chi connectivity index (χ0n) is 21.2. The molecule has 186 valence electrons. The molecule has 3 nitrogen and oxygen atoms in total. The van der Waals surface area contributed by atoms with Gasteiger partial charge in [0.1, 0.15) is 17.2 Å². The first kappa shape index (κ1) is 25.4. The predicted molar refractivity (Wildman–Crippen MR) is 147 cm³/mol. The lowest BCUT2D eigenvalue weighted by Crippen LogP contribution is -2.18. The molecule has 1 unspecified atom stereocenters. The van der Waals surface area contributed by atoms with Crippen LogP contribution in [0.25, 0.3) is 0 Å². The predicted octanol–water partition coefficient (Wildman–Crippen LogP) is 8.06. The molecule has 0 bridgehead atoms. The van der Waals surface area contributed by atoms with Crippen LogP contribution in [-0.4, -0.2) is 15.3 Å². The summed E-state index contributed by atoms with van der Waals surface area (Å²) >= 11 is 0. The Labute approximate surface area is 214 Å². The maximum absolute atomic E-state index is 9.80. The SMILES string of the molecule is CC(C)(c1ccc(O)cc1)c1ccc(C(CCCCCc2ccc(O)cc2)c2ccc(O)cc2)cc1. The summed E-state index contributed by atoms with van der Waals surface area (Å²) in [7, 11) is 0. The summed E-state index contributed by atoms with van der Waals surface area (Å²) < 4.78 is 0. The number of rotatable bonds is 10. The minimum Gasteiger partial charge on any atom is -0.508 e. The Morgan fingerprint density at radius 1 is 0.528 bits per heavy atom. The topological polar surface area (TPSA) is 60.7 Å². The van der Waals surface area contributed by atoms with E-state index in [1.165, 1.54) is 22.3 Å². The summed E-state index contributed by atoms with van der Waals surface area (Å²) in [4.78, 5) is 0. The third-order valence-corrected chi connectivity index (χ3v) is 7.31. The van der Waals surface area contributed by atoms with Crippen molar-refractivity contribution in [2.45, 2.75) is 57.3 Å². The lowest BCUT2D eigenvalue weighted by molar-refractivity contribution is 0.474. The Kier molecular flexibility index (Phi) is 8.00. The lowest BCUT2D eigenvalue weighted by atomic mass is 9.77. The zero-order valence-corrected chi connectivity index (χ0v) is 21.2. The fraction of sp³-hybridized carbons (Fsp3) is 0.273. The van der Waals surface area contributed by atoms with Crippen LogP contribution >= 0.6 is 0 Å². The van der Waals surface area contributed by atoms with Gasteiger partial charge in [-0.2, -0.15) is 0 Å². The van der Waals surface area contributed by atoms with Crippen molar-refractivity contribution in [3.05, 3.63) is 125 Å². The minimum atomic E-state index is -0.172. The van der Waals surface area contributed by atoms with E-state index in [2.05, 4.69) is 38.1 Å². The molecular weight excluding hydrogens is 444 g/mol. The van der Waals surface area contributed by atoms with Crippen molar-refractivity contribution in [1.29, 1.82) is 0 Å². The molecule has 0 heterocycles. The summed E-state index contributed by atoms with van der Waals surface area (Å²) in [6, 6.07) is 31.5. The molecule has 4 rings (SSSR count). The van der Waals surface area contributed by atoms with Crippen molar-refractivity contribution < 1.29 is 15.3 Å². The van der Waals surface area contributed by atoms with E-state index < -0.39 is 0 Å². The summed E-state index contributed by atoms with van der Waals surface area (Å²) in [5.74, 6) is 1.15. The summed E-state index contributed by atoms with van der Waals surface area (Å²) in [5, 5.41) is 28.9. The van der Waals surface area contributed by atoms with Gasteiger partial charge in [-0.1, -0.05) is 87.4 Å². The van der Waals surface area contributed by atoms with Gasteiger partial charge < -0.3 is 15.3 Å². The Balaban J connectivity index is 1.46. The van der Waals surface area contributed by atoms with Gasteiger partial charge in [0.15, 0.2) is 0 Å². The molecule has 36 heavy (non-hydrogen) atoms. The normalized spacial score (nSPS) is 12.4. The Bertz CT molecular complexity index is 1220. The van der Waals surface area contributed by atoms with Crippen molar-refractivity contribution >= 4 is 0 Å². The first-order chi connectivity index (χ1) is 17.3. The highest BCUT2D eigenvalue weighted by Crippen LogP contribution is 2.36. The fourth-order valence-electron chi connectivity index (χ4n) is 4.93. The molecular formula is C33H36O3. The molecule has 3 N–H and O–H groups in total. The van der Waals surface area contributed by atoms with E-state index in [1.54, 1.807) is 36.4 Å². The fourth-order valence-corrected chi connectivity index (χ4v) is 4.93. The van der Waals surface area contributed by atoms with Gasteiger partial charge in [0.2, 0.25) is 0 Å². The van der Waals surface area contributed by atoms with Crippen molar-refractivity contribution in [1.82, 2.24) is 0 Å². The Morgan fingerprint density at radius 3 is 1.47 bits per heavy atom. The van der Waals surface area contributed by atoms with E-state index in [0.29, 0.717) is 5.75 Å². The van der Waals surface area contributed by atoms with Crippen LogP contribution in [0.4, 0.5) is 0 Å². The van der Waals surface area contributed by atoms with E-state index in [-0.39, 0.29) is 22.8 Å². The largest absolute Gasteiger partial charge is 0.508 e. The second-order valence-electron chi connectivity index (χ2n) is 10.2. The van der Waals surface area contributed by atoms with Crippen molar-refractivity contribution in [2.75, 3.05) is 0 Å². The highest BCUT2D eigenvalue weighted by Gasteiger charge is 2.24. The molecule has 4 aromatic rings. The third kappa shape index (κ3) is 6.28. The van der Waals surface area contributed by atoms with Gasteiger partial charge in [0.05, 0.1) is 0 Å². The average Bonchev–Trinajstić information content (AvgIpc) is 2.88. The van der Waals surface area contributed by atoms with E-state index in [1.807, 2.05) is 36.4 Å². The molecule has 0 aliphatic heterocycles. The van der Waals surface area contributed by atoms with Crippen molar-refractivity contribution in [2.24, 2.45) is 0 Å². The van der Waals surface area contributed by atoms with E-state index >= 15 is 0 Å². The third-order valence-electron chi connectivity index (χ3n) is 7.31. The maximum atomic E-state index is 9.80. The first-order valence-electron chi connectivity index (χ1n) is 12.8. The number of phenols is 3. The van der Waals surface area contributed by atoms with Crippen LogP contribution in [0, 0.1) is 0 Å². The van der Waals surface area contributed by atoms with Crippen LogP contribution in [0.2, 0.25) is 0 Å². The second kappa shape index (κ2) is 11.3. The summed E-state index contributed by atoms with van der Waals surface area (Å²) in [6.07, 6.45) is 5.44. The van der Waals surface area contributed by atoms with Gasteiger partial charge in [-0.3, -0.25) is 0 Å². The zero-order chi connectivity index (χ0) is 25.5. The number of phenolic OH excluding ortho intramolecular Hbond substituents is 3. The van der Waals surface area contributed by atoms with Gasteiger partial charge >= 0.3 is 0 Å². The number of hydrogen-bond donors (Lipinski definition) is 3. The molecule has 0 saturated heterocycles. The quantitative estimate of drug-likeness (QED) is 0.201. The number of aryl methyl sites for hydroxylation is 1. The van der Waals surface area contributed by atoms with Crippen LogP contribution in [0.5, 0.6) is 17.2 Å². The van der Waals surface area contributed by atoms with E-state index in [0.717, 1.165) is 37.7 Å². The van der Waals surface area contributed by atoms with Crippen LogP contribution in [0.3, 0.4) is 0 Å². The lowest BCUT2D eigenvalue weighted by Gasteiger charge is -2.27. The Morgan fingerprint density at radius 2 is 0.944 bits per heavy atom. The molecule has 0 fully saturated rings. The van der Waals surface area contributed by atoms with Crippen LogP contribution in [0.1, 0.15) is 73.3 Å². The van der Waals surface area contributed by atoms with Gasteiger partial charge in [-0.15, -0.1) is 0 Å². The van der Waals surface area contributed by atoms with Gasteiger partial charge in [0, 0.05) is 11.3 Å². The molecule has 1 atom stereocenters. The molecule has 0 aliphatic carbocycles. The monoisotopic (exact) mass is 480 g/mol. The van der Waals surface area contributed by atoms with E-state index in [4.69, 9.17) is 0 Å². The molecule has 3 heteroatoms. The molecule has 0 spiro atoms. The summed E-state index contributed by atoms with van der Waals surface area (Å²) in [6.45, 7) is 4.42. The molecule has 0 aromatic heterocycles. The number of aromatic hydroxyl groups is 3. The average molecular weight is 481 g/mol. The molecule has 0 aliphatic rings. The van der Waals surface area contributed by atoms with Gasteiger partial charge in [-0.25, -0.2) is 0 Å². The maximum Gasteiger partial charge on any atom is 0.115 e. The molecule has 0 amide bonds. The molecule has 0 saturated carbocycles. The minimum absolute atomic E-state index is 0.172. The number of hydrogen-bond acceptors (Lipinski definition) is 3.